The Morgan fingerprint density at radius 3 is 2.69 bits per heavy atom. The zero-order valence-corrected chi connectivity index (χ0v) is 21.1. The average molecular weight is 494 g/mol. The predicted octanol–water partition coefficient (Wildman–Crippen LogP) is 2.04. The van der Waals surface area contributed by atoms with Crippen molar-refractivity contribution in [1.82, 2.24) is 4.90 Å². The number of methoxy groups -OCH3 is 1. The molecule has 0 aromatic carbocycles. The fraction of sp³-hybridized carbons (Fsp3) is 0.731. The first-order valence-corrected chi connectivity index (χ1v) is 12.6. The smallest absolute Gasteiger partial charge is 0.329 e. The lowest BCUT2D eigenvalue weighted by Crippen LogP contribution is -2.62. The fourth-order valence-electron chi connectivity index (χ4n) is 4.94. The Kier molecular flexibility index (Phi) is 9.26. The number of aliphatic hydroxyl groups excluding tert-OH is 1. The van der Waals surface area contributed by atoms with E-state index < -0.39 is 53.7 Å². The van der Waals surface area contributed by atoms with Crippen LogP contribution in [0.1, 0.15) is 65.7 Å². The molecule has 196 valence electrons. The van der Waals surface area contributed by atoms with E-state index in [2.05, 4.69) is 0 Å². The Bertz CT molecular complexity index is 854. The standard InChI is InChI=1S/C26H39NO8/c1-16-8-9-18(3)35-26(32,23(16)29)25(31)27-14-6-5-7-20(27)24(30)34-17(2)10-11-19-12-13-21(28)22(15-19)33-4/h10-11,15-18,20-22,28,32H,5-9,12-14H2,1-4H3/b11-10+. The number of amides is 1. The van der Waals surface area contributed by atoms with Gasteiger partial charge in [0.05, 0.1) is 12.2 Å². The molecule has 0 aromatic rings. The Balaban J connectivity index is 1.69. The zero-order chi connectivity index (χ0) is 25.8. The summed E-state index contributed by atoms with van der Waals surface area (Å²) in [6, 6.07) is -0.900. The van der Waals surface area contributed by atoms with E-state index >= 15 is 0 Å². The molecule has 2 heterocycles. The zero-order valence-electron chi connectivity index (χ0n) is 21.1. The number of rotatable bonds is 6. The summed E-state index contributed by atoms with van der Waals surface area (Å²) in [5.74, 6) is -5.25. The number of likely N-dealkylation sites (tertiary alicyclic amines) is 1. The number of hydrogen-bond donors (Lipinski definition) is 2. The number of Topliss-reactive ketones (excluding diaryl/α,β-unsaturated/α-hetero) is 1. The Morgan fingerprint density at radius 2 is 1.97 bits per heavy atom. The first kappa shape index (κ1) is 27.5. The SMILES string of the molecule is COC1C=C(/C=C/C(C)OC(=O)C2CCCCN2C(=O)C2(O)OC(C)CCC(C)C2=O)CCC1O. The van der Waals surface area contributed by atoms with Crippen molar-refractivity contribution >= 4 is 17.7 Å². The quantitative estimate of drug-likeness (QED) is 0.426. The van der Waals surface area contributed by atoms with Gasteiger partial charge in [0, 0.05) is 19.6 Å². The summed E-state index contributed by atoms with van der Waals surface area (Å²) >= 11 is 0. The van der Waals surface area contributed by atoms with Gasteiger partial charge in [-0.1, -0.05) is 19.1 Å². The maximum absolute atomic E-state index is 13.4. The molecule has 9 heteroatoms. The molecule has 1 amide bonds. The van der Waals surface area contributed by atoms with E-state index in [1.807, 2.05) is 12.2 Å². The molecule has 3 aliphatic rings. The van der Waals surface area contributed by atoms with E-state index in [9.17, 15) is 24.6 Å². The van der Waals surface area contributed by atoms with Crippen LogP contribution in [0.4, 0.5) is 0 Å². The molecule has 2 aliphatic heterocycles. The van der Waals surface area contributed by atoms with E-state index in [0.29, 0.717) is 38.5 Å². The van der Waals surface area contributed by atoms with Gasteiger partial charge in [0.15, 0.2) is 0 Å². The van der Waals surface area contributed by atoms with E-state index in [1.54, 1.807) is 34.0 Å². The highest BCUT2D eigenvalue weighted by molar-refractivity contribution is 6.09. The van der Waals surface area contributed by atoms with Crippen LogP contribution in [0, 0.1) is 5.92 Å². The summed E-state index contributed by atoms with van der Waals surface area (Å²) in [4.78, 5) is 40.6. The van der Waals surface area contributed by atoms with Crippen LogP contribution in [0.25, 0.3) is 0 Å². The molecular formula is C26H39NO8. The highest BCUT2D eigenvalue weighted by Gasteiger charge is 2.54. The third-order valence-corrected chi connectivity index (χ3v) is 7.13. The number of carbonyl (C=O) groups is 3. The van der Waals surface area contributed by atoms with Gasteiger partial charge in [0.1, 0.15) is 18.2 Å². The van der Waals surface area contributed by atoms with Gasteiger partial charge >= 0.3 is 11.8 Å². The number of ketones is 1. The molecule has 0 radical (unpaired) electrons. The van der Waals surface area contributed by atoms with Gasteiger partial charge < -0.3 is 29.3 Å². The van der Waals surface area contributed by atoms with Crippen LogP contribution in [0.5, 0.6) is 0 Å². The van der Waals surface area contributed by atoms with E-state index in [1.165, 1.54) is 4.90 Å². The number of allylic oxidation sites excluding steroid dienone is 2. The number of nitrogens with zero attached hydrogens (tertiary/aromatic N) is 1. The molecule has 0 aromatic heterocycles. The van der Waals surface area contributed by atoms with Gasteiger partial charge in [0.2, 0.25) is 5.78 Å². The second kappa shape index (κ2) is 11.8. The van der Waals surface area contributed by atoms with Crippen LogP contribution < -0.4 is 0 Å². The summed E-state index contributed by atoms with van der Waals surface area (Å²) in [5, 5.41) is 21.0. The molecule has 2 fully saturated rings. The van der Waals surface area contributed by atoms with Gasteiger partial charge in [-0.15, -0.1) is 0 Å². The molecule has 0 spiro atoms. The molecule has 2 saturated heterocycles. The third kappa shape index (κ3) is 6.39. The topological polar surface area (TPSA) is 123 Å². The summed E-state index contributed by atoms with van der Waals surface area (Å²) < 4.78 is 16.4. The third-order valence-electron chi connectivity index (χ3n) is 7.13. The Hall–Kier alpha value is -2.07. The van der Waals surface area contributed by atoms with Crippen molar-refractivity contribution in [2.24, 2.45) is 5.92 Å². The lowest BCUT2D eigenvalue weighted by atomic mass is 9.93. The van der Waals surface area contributed by atoms with E-state index in [-0.39, 0.29) is 12.6 Å². The van der Waals surface area contributed by atoms with Crippen LogP contribution in [-0.2, 0) is 28.6 Å². The molecule has 0 bridgehead atoms. The number of carbonyl (C=O) groups excluding carboxylic acids is 3. The molecule has 35 heavy (non-hydrogen) atoms. The van der Waals surface area contributed by atoms with Crippen molar-refractivity contribution in [1.29, 1.82) is 0 Å². The first-order chi connectivity index (χ1) is 16.6. The van der Waals surface area contributed by atoms with Crippen molar-refractivity contribution < 1.29 is 38.8 Å². The van der Waals surface area contributed by atoms with Crippen LogP contribution in [0.15, 0.2) is 23.8 Å². The van der Waals surface area contributed by atoms with Gasteiger partial charge in [0.25, 0.3) is 5.91 Å². The first-order valence-electron chi connectivity index (χ1n) is 12.6. The largest absolute Gasteiger partial charge is 0.457 e. The summed E-state index contributed by atoms with van der Waals surface area (Å²) in [6.07, 6.45) is 7.63. The van der Waals surface area contributed by atoms with Gasteiger partial charge in [-0.05, 0) is 70.4 Å². The minimum absolute atomic E-state index is 0.234. The van der Waals surface area contributed by atoms with Crippen molar-refractivity contribution in [2.45, 2.75) is 102 Å². The molecule has 2 N–H and O–H groups in total. The molecule has 1 aliphatic carbocycles. The minimum atomic E-state index is -2.59. The molecule has 7 atom stereocenters. The number of hydrogen-bond acceptors (Lipinski definition) is 8. The normalized spacial score (nSPS) is 35.4. The number of ether oxygens (including phenoxy) is 3. The second-order valence-electron chi connectivity index (χ2n) is 9.97. The minimum Gasteiger partial charge on any atom is -0.457 e. The maximum Gasteiger partial charge on any atom is 0.329 e. The predicted molar refractivity (Wildman–Crippen MR) is 127 cm³/mol. The highest BCUT2D eigenvalue weighted by Crippen LogP contribution is 2.31. The molecular weight excluding hydrogens is 454 g/mol. The fourth-order valence-corrected chi connectivity index (χ4v) is 4.94. The Labute approximate surface area is 207 Å². The lowest BCUT2D eigenvalue weighted by Gasteiger charge is -2.39. The van der Waals surface area contributed by atoms with Crippen LogP contribution in [0.2, 0.25) is 0 Å². The van der Waals surface area contributed by atoms with Gasteiger partial charge in [-0.25, -0.2) is 4.79 Å². The average Bonchev–Trinajstić information content (AvgIpc) is 2.94. The van der Waals surface area contributed by atoms with Crippen molar-refractivity contribution in [2.75, 3.05) is 13.7 Å². The molecule has 0 saturated carbocycles. The number of aliphatic hydroxyl groups is 2. The monoisotopic (exact) mass is 493 g/mol. The Morgan fingerprint density at radius 1 is 1.23 bits per heavy atom. The number of piperidine rings is 1. The van der Waals surface area contributed by atoms with Gasteiger partial charge in [-0.3, -0.25) is 9.59 Å². The van der Waals surface area contributed by atoms with Crippen LogP contribution in [-0.4, -0.2) is 82.7 Å². The maximum atomic E-state index is 13.4. The van der Waals surface area contributed by atoms with Crippen molar-refractivity contribution in [3.63, 3.8) is 0 Å². The van der Waals surface area contributed by atoms with Gasteiger partial charge in [-0.2, -0.15) is 0 Å². The lowest BCUT2D eigenvalue weighted by molar-refractivity contribution is -0.227. The van der Waals surface area contributed by atoms with E-state index in [4.69, 9.17) is 14.2 Å². The molecule has 9 nitrogen and oxygen atoms in total. The number of esters is 1. The molecule has 7 unspecified atom stereocenters. The summed E-state index contributed by atoms with van der Waals surface area (Å²) in [6.45, 7) is 5.36. The highest BCUT2D eigenvalue weighted by atomic mass is 16.6. The van der Waals surface area contributed by atoms with Crippen molar-refractivity contribution in [3.05, 3.63) is 23.8 Å². The van der Waals surface area contributed by atoms with Crippen LogP contribution >= 0.6 is 0 Å². The van der Waals surface area contributed by atoms with E-state index in [0.717, 1.165) is 12.0 Å². The van der Waals surface area contributed by atoms with Crippen LogP contribution in [0.3, 0.4) is 0 Å². The molecule has 3 rings (SSSR count). The summed E-state index contributed by atoms with van der Waals surface area (Å²) in [7, 11) is 1.55. The summed E-state index contributed by atoms with van der Waals surface area (Å²) in [5.41, 5.74) is 0.981. The van der Waals surface area contributed by atoms with Crippen molar-refractivity contribution in [3.8, 4) is 0 Å². The second-order valence-corrected chi connectivity index (χ2v) is 9.97.